The molecule has 9 nitrogen and oxygen atoms in total. The number of nitrogens with zero attached hydrogens (tertiary/aromatic N) is 2. The Morgan fingerprint density at radius 2 is 1.84 bits per heavy atom. The number of benzene rings is 2. The topological polar surface area (TPSA) is 97.6 Å². The maximum Gasteiger partial charge on any atom is 0.326 e. The summed E-state index contributed by atoms with van der Waals surface area (Å²) >= 11 is 1.22. The molecule has 1 aromatic heterocycles. The maximum absolute atomic E-state index is 12.9. The van der Waals surface area contributed by atoms with E-state index in [0.717, 1.165) is 0 Å². The van der Waals surface area contributed by atoms with E-state index in [1.54, 1.807) is 48.9 Å². The summed E-state index contributed by atoms with van der Waals surface area (Å²) in [5, 5.41) is 0. The van der Waals surface area contributed by atoms with Crippen LogP contribution in [0.3, 0.4) is 0 Å². The minimum absolute atomic E-state index is 0.111. The van der Waals surface area contributed by atoms with Crippen molar-refractivity contribution >= 4 is 33.4 Å². The summed E-state index contributed by atoms with van der Waals surface area (Å²) in [5.74, 6) is 1.22. The Morgan fingerprint density at radius 3 is 2.58 bits per heavy atom. The SMILES string of the molecule is CCOC(=O)Cn1c(=NC(=O)c2ccc3c(c2)OCO3)sc2c(OC)ccc(OC)c21. The standard InChI is InChI=1S/C21H20N2O7S/c1-4-28-17(24)10-23-18-14(26-2)7-8-15(27-3)19(18)31-21(23)22-20(25)12-5-6-13-16(9-12)30-11-29-13/h5-9H,4,10-11H2,1-3H3. The van der Waals surface area contributed by atoms with Crippen LogP contribution in [0.25, 0.3) is 10.2 Å². The minimum Gasteiger partial charge on any atom is -0.495 e. The molecule has 0 aliphatic carbocycles. The lowest BCUT2D eigenvalue weighted by Gasteiger charge is -2.10. The van der Waals surface area contributed by atoms with Crippen LogP contribution in [-0.4, -0.2) is 44.1 Å². The van der Waals surface area contributed by atoms with E-state index in [9.17, 15) is 9.59 Å². The van der Waals surface area contributed by atoms with Crippen molar-refractivity contribution in [2.45, 2.75) is 13.5 Å². The molecule has 31 heavy (non-hydrogen) atoms. The summed E-state index contributed by atoms with van der Waals surface area (Å²) < 4.78 is 29.0. The van der Waals surface area contributed by atoms with Gasteiger partial charge in [-0.3, -0.25) is 9.59 Å². The monoisotopic (exact) mass is 444 g/mol. The minimum atomic E-state index is -0.486. The Balaban J connectivity index is 1.87. The van der Waals surface area contributed by atoms with E-state index < -0.39 is 11.9 Å². The lowest BCUT2D eigenvalue weighted by molar-refractivity contribution is -0.143. The van der Waals surface area contributed by atoms with E-state index in [1.807, 2.05) is 0 Å². The van der Waals surface area contributed by atoms with Crippen molar-refractivity contribution in [2.24, 2.45) is 4.99 Å². The van der Waals surface area contributed by atoms with Gasteiger partial charge in [0.25, 0.3) is 5.91 Å². The van der Waals surface area contributed by atoms with Crippen molar-refractivity contribution in [3.05, 3.63) is 40.7 Å². The number of ether oxygens (including phenoxy) is 5. The summed E-state index contributed by atoms with van der Waals surface area (Å²) in [6.45, 7) is 1.95. The molecule has 2 aromatic carbocycles. The third kappa shape index (κ3) is 3.93. The summed E-state index contributed by atoms with van der Waals surface area (Å²) in [7, 11) is 3.08. The second-order valence-corrected chi connectivity index (χ2v) is 7.39. The molecule has 0 atom stereocenters. The smallest absolute Gasteiger partial charge is 0.326 e. The number of carbonyl (C=O) groups excluding carboxylic acids is 2. The van der Waals surface area contributed by atoms with Gasteiger partial charge in [-0.25, -0.2) is 0 Å². The molecule has 0 unspecified atom stereocenters. The molecule has 162 valence electrons. The van der Waals surface area contributed by atoms with Crippen molar-refractivity contribution in [1.29, 1.82) is 0 Å². The quantitative estimate of drug-likeness (QED) is 0.539. The molecule has 4 rings (SSSR count). The van der Waals surface area contributed by atoms with Crippen LogP contribution in [0.15, 0.2) is 35.3 Å². The van der Waals surface area contributed by atoms with E-state index in [-0.39, 0.29) is 19.9 Å². The highest BCUT2D eigenvalue weighted by atomic mass is 32.1. The number of aromatic nitrogens is 1. The van der Waals surface area contributed by atoms with Gasteiger partial charge in [0.15, 0.2) is 16.3 Å². The molecule has 1 aliphatic rings. The third-order valence-corrected chi connectivity index (χ3v) is 5.69. The number of methoxy groups -OCH3 is 2. The Kier molecular flexibility index (Phi) is 5.81. The van der Waals surface area contributed by atoms with Crippen molar-refractivity contribution < 1.29 is 33.3 Å². The molecule has 0 bridgehead atoms. The average Bonchev–Trinajstić information content (AvgIpc) is 3.38. The number of carbonyl (C=O) groups is 2. The molecular formula is C21H20N2O7S. The lowest BCUT2D eigenvalue weighted by atomic mass is 10.2. The van der Waals surface area contributed by atoms with Gasteiger partial charge in [0.1, 0.15) is 28.3 Å². The van der Waals surface area contributed by atoms with Crippen LogP contribution in [0, 0.1) is 0 Å². The van der Waals surface area contributed by atoms with Gasteiger partial charge in [0.2, 0.25) is 6.79 Å². The van der Waals surface area contributed by atoms with E-state index in [1.165, 1.54) is 18.4 Å². The van der Waals surface area contributed by atoms with Crippen molar-refractivity contribution in [2.75, 3.05) is 27.6 Å². The van der Waals surface area contributed by atoms with Gasteiger partial charge in [-0.1, -0.05) is 11.3 Å². The van der Waals surface area contributed by atoms with Crippen LogP contribution in [0.5, 0.6) is 23.0 Å². The predicted octanol–water partition coefficient (Wildman–Crippen LogP) is 2.75. The lowest BCUT2D eigenvalue weighted by Crippen LogP contribution is -2.23. The summed E-state index contributed by atoms with van der Waals surface area (Å²) in [4.78, 5) is 29.8. The summed E-state index contributed by atoms with van der Waals surface area (Å²) in [5.41, 5.74) is 0.931. The average molecular weight is 444 g/mol. The molecule has 1 amide bonds. The normalized spacial score (nSPS) is 12.8. The highest BCUT2D eigenvalue weighted by Crippen LogP contribution is 2.35. The van der Waals surface area contributed by atoms with E-state index in [2.05, 4.69) is 4.99 Å². The number of esters is 1. The van der Waals surface area contributed by atoms with Gasteiger partial charge in [-0.15, -0.1) is 0 Å². The van der Waals surface area contributed by atoms with Crippen molar-refractivity contribution in [1.82, 2.24) is 4.57 Å². The molecule has 0 saturated heterocycles. The van der Waals surface area contributed by atoms with Crippen LogP contribution < -0.4 is 23.7 Å². The predicted molar refractivity (Wildman–Crippen MR) is 112 cm³/mol. The number of fused-ring (bicyclic) bond motifs is 2. The zero-order valence-corrected chi connectivity index (χ0v) is 18.0. The van der Waals surface area contributed by atoms with Gasteiger partial charge in [0.05, 0.1) is 20.8 Å². The van der Waals surface area contributed by atoms with Crippen LogP contribution in [0.1, 0.15) is 17.3 Å². The molecule has 1 aliphatic heterocycles. The Morgan fingerprint density at radius 1 is 1.10 bits per heavy atom. The van der Waals surface area contributed by atoms with Gasteiger partial charge in [-0.05, 0) is 37.3 Å². The zero-order chi connectivity index (χ0) is 22.0. The fourth-order valence-corrected chi connectivity index (χ4v) is 4.34. The fourth-order valence-electron chi connectivity index (χ4n) is 3.20. The van der Waals surface area contributed by atoms with Crippen LogP contribution in [0.4, 0.5) is 0 Å². The van der Waals surface area contributed by atoms with E-state index >= 15 is 0 Å². The highest BCUT2D eigenvalue weighted by molar-refractivity contribution is 7.16. The molecule has 0 radical (unpaired) electrons. The van der Waals surface area contributed by atoms with Gasteiger partial charge in [0, 0.05) is 5.56 Å². The molecular weight excluding hydrogens is 424 g/mol. The molecule has 2 heterocycles. The first-order valence-corrected chi connectivity index (χ1v) is 10.3. The largest absolute Gasteiger partial charge is 0.495 e. The van der Waals surface area contributed by atoms with E-state index in [4.69, 9.17) is 23.7 Å². The first-order valence-electron chi connectivity index (χ1n) is 9.44. The highest BCUT2D eigenvalue weighted by Gasteiger charge is 2.20. The second-order valence-electron chi connectivity index (χ2n) is 6.41. The van der Waals surface area contributed by atoms with E-state index in [0.29, 0.717) is 43.6 Å². The Labute approximate surface area is 181 Å². The Hall–Kier alpha value is -3.53. The van der Waals surface area contributed by atoms with Crippen LogP contribution >= 0.6 is 11.3 Å². The number of hydrogen-bond acceptors (Lipinski definition) is 8. The van der Waals surface area contributed by atoms with Gasteiger partial charge in [-0.2, -0.15) is 4.99 Å². The Bertz CT molecular complexity index is 1230. The summed E-state index contributed by atoms with van der Waals surface area (Å²) in [6, 6.07) is 8.35. The van der Waals surface area contributed by atoms with Crippen LogP contribution in [0.2, 0.25) is 0 Å². The molecule has 0 spiro atoms. The number of rotatable bonds is 6. The molecule has 0 fully saturated rings. The number of thiazole rings is 1. The second kappa shape index (κ2) is 8.68. The van der Waals surface area contributed by atoms with Crippen molar-refractivity contribution in [3.63, 3.8) is 0 Å². The first kappa shape index (κ1) is 20.7. The van der Waals surface area contributed by atoms with Gasteiger partial charge < -0.3 is 28.3 Å². The fraction of sp³-hybridized carbons (Fsp3) is 0.286. The molecule has 3 aromatic rings. The third-order valence-electron chi connectivity index (χ3n) is 4.60. The first-order chi connectivity index (χ1) is 15.0. The number of hydrogen-bond donors (Lipinski definition) is 0. The number of amides is 1. The maximum atomic E-state index is 12.9. The molecule has 10 heteroatoms. The van der Waals surface area contributed by atoms with Crippen molar-refractivity contribution in [3.8, 4) is 23.0 Å². The summed E-state index contributed by atoms with van der Waals surface area (Å²) in [6.07, 6.45) is 0. The van der Waals surface area contributed by atoms with Crippen LogP contribution in [-0.2, 0) is 16.1 Å². The molecule has 0 saturated carbocycles. The van der Waals surface area contributed by atoms with Gasteiger partial charge >= 0.3 is 5.97 Å². The molecule has 0 N–H and O–H groups in total. The zero-order valence-electron chi connectivity index (χ0n) is 17.2.